The molecule has 1 aromatic heterocycles. The van der Waals surface area contributed by atoms with Gasteiger partial charge in [0.1, 0.15) is 17.4 Å². The number of aromatic nitrogens is 1. The number of aliphatic hydroxyl groups excluding tert-OH is 1. The molecule has 0 radical (unpaired) electrons. The minimum absolute atomic E-state index is 0.109. The molecule has 0 unspecified atom stereocenters. The summed E-state index contributed by atoms with van der Waals surface area (Å²) in [5.74, 6) is 0.0821. The molecule has 2 aromatic rings. The molecule has 0 spiro atoms. The molecule has 0 saturated carbocycles. The van der Waals surface area contributed by atoms with Crippen molar-refractivity contribution in [3.8, 4) is 17.7 Å². The zero-order chi connectivity index (χ0) is 14.5. The van der Waals surface area contributed by atoms with Crippen molar-refractivity contribution in [2.24, 2.45) is 0 Å². The van der Waals surface area contributed by atoms with E-state index in [2.05, 4.69) is 4.98 Å². The molecule has 100 valence electrons. The summed E-state index contributed by atoms with van der Waals surface area (Å²) in [6.45, 7) is -0.109. The molecule has 0 bridgehead atoms. The number of benzene rings is 1. The Labute approximate surface area is 113 Å². The zero-order valence-electron chi connectivity index (χ0n) is 10.2. The molecular formula is C13H9N3O4. The van der Waals surface area contributed by atoms with Gasteiger partial charge in [0.25, 0.3) is 0 Å². The summed E-state index contributed by atoms with van der Waals surface area (Å²) in [4.78, 5) is 14.1. The molecule has 0 aliphatic heterocycles. The predicted octanol–water partition coefficient (Wildman–Crippen LogP) is 2.15. The van der Waals surface area contributed by atoms with Crippen LogP contribution in [0.4, 0.5) is 5.69 Å². The van der Waals surface area contributed by atoms with Gasteiger partial charge in [-0.15, -0.1) is 0 Å². The van der Waals surface area contributed by atoms with E-state index in [1.165, 1.54) is 12.3 Å². The molecule has 0 fully saturated rings. The van der Waals surface area contributed by atoms with Gasteiger partial charge >= 0.3 is 11.6 Å². The van der Waals surface area contributed by atoms with Crippen molar-refractivity contribution in [3.63, 3.8) is 0 Å². The molecular weight excluding hydrogens is 262 g/mol. The topological polar surface area (TPSA) is 109 Å². The molecule has 1 aromatic carbocycles. The smallest absolute Gasteiger partial charge is 0.348 e. The van der Waals surface area contributed by atoms with E-state index >= 15 is 0 Å². The third-order valence-electron chi connectivity index (χ3n) is 2.51. The predicted molar refractivity (Wildman–Crippen MR) is 68.0 cm³/mol. The van der Waals surface area contributed by atoms with Crippen LogP contribution >= 0.6 is 0 Å². The third-order valence-corrected chi connectivity index (χ3v) is 2.51. The number of ether oxygens (including phenoxy) is 1. The van der Waals surface area contributed by atoms with E-state index in [0.717, 1.165) is 0 Å². The van der Waals surface area contributed by atoms with Crippen LogP contribution in [-0.2, 0) is 6.61 Å². The van der Waals surface area contributed by atoms with Gasteiger partial charge in [0.15, 0.2) is 0 Å². The van der Waals surface area contributed by atoms with Gasteiger partial charge in [0.05, 0.1) is 11.5 Å². The second kappa shape index (κ2) is 5.77. The van der Waals surface area contributed by atoms with Gasteiger partial charge in [-0.25, -0.2) is 4.98 Å². The normalized spacial score (nSPS) is 9.80. The molecule has 0 amide bonds. The standard InChI is InChI=1S/C13H9N3O4/c14-7-10-5-6-15-13(12(10)16(18)19)20-11-3-1-9(8-17)2-4-11/h1-6,17H,8H2. The number of nitro groups is 1. The third kappa shape index (κ3) is 2.71. The number of hydrogen-bond donors (Lipinski definition) is 1. The number of aliphatic hydroxyl groups is 1. The fraction of sp³-hybridized carbons (Fsp3) is 0.0769. The Kier molecular flexibility index (Phi) is 3.88. The van der Waals surface area contributed by atoms with Crippen LogP contribution in [-0.4, -0.2) is 15.0 Å². The molecule has 1 N–H and O–H groups in total. The maximum atomic E-state index is 11.0. The molecule has 7 nitrogen and oxygen atoms in total. The lowest BCUT2D eigenvalue weighted by Gasteiger charge is -2.06. The molecule has 0 aliphatic carbocycles. The number of hydrogen-bond acceptors (Lipinski definition) is 6. The van der Waals surface area contributed by atoms with Crippen molar-refractivity contribution in [2.45, 2.75) is 6.61 Å². The van der Waals surface area contributed by atoms with E-state index in [0.29, 0.717) is 11.3 Å². The lowest BCUT2D eigenvalue weighted by atomic mass is 10.2. The van der Waals surface area contributed by atoms with E-state index in [-0.39, 0.29) is 18.1 Å². The molecule has 0 aliphatic rings. The summed E-state index contributed by atoms with van der Waals surface area (Å²) in [5, 5.41) is 28.8. The summed E-state index contributed by atoms with van der Waals surface area (Å²) in [5.41, 5.74) is 0.0961. The molecule has 20 heavy (non-hydrogen) atoms. The Balaban J connectivity index is 2.38. The summed E-state index contributed by atoms with van der Waals surface area (Å²) in [6.07, 6.45) is 1.27. The first-order valence-electron chi connectivity index (χ1n) is 5.57. The van der Waals surface area contributed by atoms with Gasteiger partial charge in [-0.05, 0) is 23.8 Å². The lowest BCUT2D eigenvalue weighted by Crippen LogP contribution is -1.98. The summed E-state index contributed by atoms with van der Waals surface area (Å²) >= 11 is 0. The van der Waals surface area contributed by atoms with E-state index < -0.39 is 10.6 Å². The van der Waals surface area contributed by atoms with Gasteiger partial charge in [-0.3, -0.25) is 10.1 Å². The summed E-state index contributed by atoms with van der Waals surface area (Å²) in [7, 11) is 0. The van der Waals surface area contributed by atoms with Crippen LogP contribution in [0.15, 0.2) is 36.5 Å². The molecule has 7 heteroatoms. The second-order valence-electron chi connectivity index (χ2n) is 3.79. The van der Waals surface area contributed by atoms with E-state index in [9.17, 15) is 10.1 Å². The van der Waals surface area contributed by atoms with Gasteiger partial charge in [0, 0.05) is 6.20 Å². The maximum Gasteiger partial charge on any atom is 0.348 e. The van der Waals surface area contributed by atoms with Gasteiger partial charge in [0.2, 0.25) is 0 Å². The largest absolute Gasteiger partial charge is 0.434 e. The number of pyridine rings is 1. The number of nitrogens with zero attached hydrogens (tertiary/aromatic N) is 3. The SMILES string of the molecule is N#Cc1ccnc(Oc2ccc(CO)cc2)c1[N+](=O)[O-]. The van der Waals surface area contributed by atoms with Gasteiger partial charge in [-0.1, -0.05) is 12.1 Å². The monoisotopic (exact) mass is 271 g/mol. The highest BCUT2D eigenvalue weighted by molar-refractivity contribution is 5.55. The highest BCUT2D eigenvalue weighted by Gasteiger charge is 2.23. The van der Waals surface area contributed by atoms with Crippen LogP contribution < -0.4 is 4.74 Å². The highest BCUT2D eigenvalue weighted by Crippen LogP contribution is 2.31. The molecule has 0 saturated heterocycles. The first-order valence-corrected chi connectivity index (χ1v) is 5.57. The highest BCUT2D eigenvalue weighted by atomic mass is 16.6. The summed E-state index contributed by atoms with van der Waals surface area (Å²) < 4.78 is 5.33. The van der Waals surface area contributed by atoms with Crippen molar-refractivity contribution < 1.29 is 14.8 Å². The van der Waals surface area contributed by atoms with Crippen LogP contribution in [0.2, 0.25) is 0 Å². The minimum Gasteiger partial charge on any atom is -0.434 e. The van der Waals surface area contributed by atoms with Crippen molar-refractivity contribution >= 4 is 5.69 Å². The van der Waals surface area contributed by atoms with Crippen molar-refractivity contribution in [1.29, 1.82) is 5.26 Å². The fourth-order valence-electron chi connectivity index (χ4n) is 1.55. The van der Waals surface area contributed by atoms with Crippen LogP contribution in [0.5, 0.6) is 11.6 Å². The molecule has 1 heterocycles. The number of rotatable bonds is 4. The Morgan fingerprint density at radius 1 is 1.35 bits per heavy atom. The van der Waals surface area contributed by atoms with Gasteiger partial charge in [-0.2, -0.15) is 5.26 Å². The Bertz CT molecular complexity index is 677. The van der Waals surface area contributed by atoms with E-state index in [1.54, 1.807) is 30.3 Å². The van der Waals surface area contributed by atoms with E-state index in [4.69, 9.17) is 15.1 Å². The van der Waals surface area contributed by atoms with Crippen LogP contribution in [0, 0.1) is 21.4 Å². The average molecular weight is 271 g/mol. The van der Waals surface area contributed by atoms with Crippen LogP contribution in [0.3, 0.4) is 0 Å². The average Bonchev–Trinajstić information content (AvgIpc) is 2.47. The molecule has 2 rings (SSSR count). The van der Waals surface area contributed by atoms with Crippen LogP contribution in [0.1, 0.15) is 11.1 Å². The fourth-order valence-corrected chi connectivity index (χ4v) is 1.55. The Morgan fingerprint density at radius 2 is 2.05 bits per heavy atom. The maximum absolute atomic E-state index is 11.0. The zero-order valence-corrected chi connectivity index (χ0v) is 10.2. The minimum atomic E-state index is -0.705. The summed E-state index contributed by atoms with van der Waals surface area (Å²) in [6, 6.07) is 9.32. The van der Waals surface area contributed by atoms with Crippen molar-refractivity contribution in [3.05, 3.63) is 57.8 Å². The van der Waals surface area contributed by atoms with Crippen molar-refractivity contribution in [1.82, 2.24) is 4.98 Å². The lowest BCUT2D eigenvalue weighted by molar-refractivity contribution is -0.386. The Morgan fingerprint density at radius 3 is 2.60 bits per heavy atom. The number of nitriles is 1. The van der Waals surface area contributed by atoms with Gasteiger partial charge < -0.3 is 9.84 Å². The van der Waals surface area contributed by atoms with Crippen LogP contribution in [0.25, 0.3) is 0 Å². The molecule has 0 atom stereocenters. The first-order chi connectivity index (χ1) is 9.65. The van der Waals surface area contributed by atoms with Crippen molar-refractivity contribution in [2.75, 3.05) is 0 Å². The quantitative estimate of drug-likeness (QED) is 0.673. The first kappa shape index (κ1) is 13.5. The second-order valence-corrected chi connectivity index (χ2v) is 3.79. The Hall–Kier alpha value is -2.98. The van der Waals surface area contributed by atoms with E-state index in [1.807, 2.05) is 0 Å².